The number of thiophene rings is 2. The van der Waals surface area contributed by atoms with Gasteiger partial charge in [-0.3, -0.25) is 28.3 Å². The normalized spacial score (nSPS) is 18.0. The number of nitrogens with zero attached hydrogens (tertiary/aromatic N) is 10. The smallest absolute Gasteiger partial charge is 0.333 e. The summed E-state index contributed by atoms with van der Waals surface area (Å²) in [7, 11) is 5.98. The van der Waals surface area contributed by atoms with Gasteiger partial charge in [0, 0.05) is 49.6 Å². The van der Waals surface area contributed by atoms with Gasteiger partial charge < -0.3 is 39.1 Å². The number of nitrogens with one attached hydrogen (secondary N) is 2. The van der Waals surface area contributed by atoms with E-state index in [2.05, 4.69) is 31.0 Å². The Balaban J connectivity index is 0.000000198. The fourth-order valence-electron chi connectivity index (χ4n) is 10.5. The van der Waals surface area contributed by atoms with Crippen molar-refractivity contribution < 1.29 is 46.8 Å². The number of piperidine rings is 2. The zero-order valence-electron chi connectivity index (χ0n) is 46.4. The molecule has 2 amide bonds. The molecule has 436 valence electrons. The first kappa shape index (κ1) is 58.9. The molecule has 0 saturated carbocycles. The molecule has 8 heterocycles. The first-order chi connectivity index (χ1) is 39.4. The summed E-state index contributed by atoms with van der Waals surface area (Å²) in [6, 6.07) is 8.11. The fourth-order valence-corrected chi connectivity index (χ4v) is 12.9. The minimum Gasteiger partial charge on any atom is -0.496 e. The van der Waals surface area contributed by atoms with E-state index < -0.39 is 69.2 Å². The van der Waals surface area contributed by atoms with E-state index in [-0.39, 0.29) is 50.3 Å². The number of ether oxygens (including phenoxy) is 6. The summed E-state index contributed by atoms with van der Waals surface area (Å²) in [5.41, 5.74) is -3.45. The van der Waals surface area contributed by atoms with Crippen LogP contribution in [0.5, 0.6) is 11.5 Å². The quantitative estimate of drug-likeness (QED) is 0.0990. The summed E-state index contributed by atoms with van der Waals surface area (Å²) >= 11 is 2.34. The van der Waals surface area contributed by atoms with E-state index in [4.69, 9.17) is 28.4 Å². The van der Waals surface area contributed by atoms with Crippen LogP contribution in [0.15, 0.2) is 80.4 Å². The highest BCUT2D eigenvalue weighted by Crippen LogP contribution is 2.37. The standard InChI is InChI=1S/2C27H31FN6O6S/c2*1-16-21-22(35)33(27(2)8-5-9-29-25(27)36)26(37)32(24(21)41-23(16)34-30-10-11-31-34)15-20(40-13-12-38-3)18-14-17(28)6-7-19(18)39-4/h2*6-7,10-11,14,20H,5,8-9,12-13,15H2,1-4H3,(H,29,36)/t20-,27?;20-,27-/m00/s1. The summed E-state index contributed by atoms with van der Waals surface area (Å²) in [6.45, 7) is 8.20. The van der Waals surface area contributed by atoms with Crippen LogP contribution in [0.25, 0.3) is 30.4 Å². The monoisotopic (exact) mass is 1170 g/mol. The van der Waals surface area contributed by atoms with E-state index >= 15 is 0 Å². The van der Waals surface area contributed by atoms with E-state index in [1.807, 2.05) is 0 Å². The Labute approximate surface area is 474 Å². The molecule has 24 nitrogen and oxygen atoms in total. The Morgan fingerprint density at radius 3 is 1.30 bits per heavy atom. The van der Waals surface area contributed by atoms with Gasteiger partial charge in [0.15, 0.2) is 0 Å². The third kappa shape index (κ3) is 11.0. The Kier molecular flexibility index (Phi) is 17.8. The Bertz CT molecular complexity index is 3640. The molecular formula is C54H62F2N12O12S2. The van der Waals surface area contributed by atoms with E-state index in [9.17, 15) is 37.5 Å². The van der Waals surface area contributed by atoms with Crippen molar-refractivity contribution in [1.29, 1.82) is 0 Å². The first-order valence-corrected chi connectivity index (χ1v) is 27.8. The average molecular weight is 1170 g/mol. The minimum atomic E-state index is -1.41. The second kappa shape index (κ2) is 24.8. The fraction of sp³-hybridized carbons (Fsp3) is 0.444. The number of amides is 2. The number of rotatable bonds is 20. The highest BCUT2D eigenvalue weighted by Gasteiger charge is 2.43. The van der Waals surface area contributed by atoms with E-state index in [0.29, 0.717) is 92.2 Å². The predicted molar refractivity (Wildman–Crippen MR) is 299 cm³/mol. The molecule has 6 aromatic heterocycles. The van der Waals surface area contributed by atoms with Crippen LogP contribution in [0.3, 0.4) is 0 Å². The van der Waals surface area contributed by atoms with Gasteiger partial charge in [-0.05, 0) is 89.8 Å². The molecule has 0 radical (unpaired) electrons. The molecule has 2 aromatic carbocycles. The molecule has 2 saturated heterocycles. The third-order valence-electron chi connectivity index (χ3n) is 14.8. The lowest BCUT2D eigenvalue weighted by Crippen LogP contribution is -2.59. The van der Waals surface area contributed by atoms with Crippen molar-refractivity contribution in [2.45, 2.75) is 89.8 Å². The van der Waals surface area contributed by atoms with Crippen LogP contribution in [0.1, 0.15) is 74.0 Å². The number of benzene rings is 2. The third-order valence-corrected chi connectivity index (χ3v) is 17.3. The summed E-state index contributed by atoms with van der Waals surface area (Å²) in [5, 5.41) is 24.1. The molecule has 4 atom stereocenters. The number of aromatic nitrogens is 10. The Morgan fingerprint density at radius 1 is 0.585 bits per heavy atom. The van der Waals surface area contributed by atoms with E-state index in [1.54, 1.807) is 27.7 Å². The number of hydrogen-bond acceptors (Lipinski definition) is 18. The molecule has 2 fully saturated rings. The molecule has 82 heavy (non-hydrogen) atoms. The van der Waals surface area contributed by atoms with Crippen molar-refractivity contribution >= 4 is 54.9 Å². The van der Waals surface area contributed by atoms with Crippen molar-refractivity contribution in [3.05, 3.63) is 137 Å². The van der Waals surface area contributed by atoms with Crippen molar-refractivity contribution in [2.24, 2.45) is 0 Å². The number of methoxy groups -OCH3 is 4. The lowest BCUT2D eigenvalue weighted by atomic mass is 9.91. The van der Waals surface area contributed by atoms with Crippen molar-refractivity contribution in [3.8, 4) is 21.5 Å². The second-order valence-electron chi connectivity index (χ2n) is 19.9. The van der Waals surface area contributed by atoms with Crippen LogP contribution in [0.4, 0.5) is 8.78 Å². The van der Waals surface area contributed by atoms with Crippen LogP contribution >= 0.6 is 22.7 Å². The van der Waals surface area contributed by atoms with Crippen LogP contribution in [0.2, 0.25) is 0 Å². The summed E-state index contributed by atoms with van der Waals surface area (Å²) in [4.78, 5) is 86.5. The SMILES string of the molecule is COCCO[C@@H](Cn1c(=O)n(C2(C)CCCNC2=O)c(=O)c2c(C)c(-n3nccn3)sc21)c1cc(F)ccc1OC.COCCO[C@@H](Cn1c(=O)n([C@@]2(C)CCCNC2=O)c(=O)c2c(C)c(-n3nccn3)sc21)c1cc(F)ccc1OC. The topological polar surface area (TPSA) is 263 Å². The van der Waals surface area contributed by atoms with Gasteiger partial charge in [-0.15, -0.1) is 9.59 Å². The van der Waals surface area contributed by atoms with Gasteiger partial charge in [-0.25, -0.2) is 27.5 Å². The number of halogens is 2. The van der Waals surface area contributed by atoms with Crippen LogP contribution < -0.4 is 42.6 Å². The molecule has 0 spiro atoms. The van der Waals surface area contributed by atoms with E-state index in [1.165, 1.54) is 131 Å². The predicted octanol–water partition coefficient (Wildman–Crippen LogP) is 4.58. The first-order valence-electron chi connectivity index (χ1n) is 26.2. The molecule has 2 aliphatic rings. The van der Waals surface area contributed by atoms with Gasteiger partial charge >= 0.3 is 11.4 Å². The van der Waals surface area contributed by atoms with Crippen molar-refractivity contribution in [3.63, 3.8) is 0 Å². The number of hydrogen-bond donors (Lipinski definition) is 2. The van der Waals surface area contributed by atoms with Crippen LogP contribution in [0, 0.1) is 25.5 Å². The zero-order chi connectivity index (χ0) is 58.6. The highest BCUT2D eigenvalue weighted by atomic mass is 32.1. The summed E-state index contributed by atoms with van der Waals surface area (Å²) in [6.07, 6.45) is 6.12. The van der Waals surface area contributed by atoms with Gasteiger partial charge in [0.1, 0.15) is 66.1 Å². The maximum atomic E-state index is 14.5. The molecule has 8 aromatic rings. The van der Waals surface area contributed by atoms with Crippen LogP contribution in [-0.2, 0) is 52.7 Å². The lowest BCUT2D eigenvalue weighted by molar-refractivity contribution is -0.132. The molecule has 0 aliphatic carbocycles. The average Bonchev–Trinajstić information content (AvgIpc) is 3.32. The van der Waals surface area contributed by atoms with Crippen molar-refractivity contribution in [2.75, 3.05) is 68.0 Å². The minimum absolute atomic E-state index is 0.108. The number of fused-ring (bicyclic) bond motifs is 2. The second-order valence-corrected chi connectivity index (χ2v) is 21.8. The molecule has 1 unspecified atom stereocenters. The highest BCUT2D eigenvalue weighted by molar-refractivity contribution is 7.21. The largest absolute Gasteiger partial charge is 0.496 e. The molecule has 28 heteroatoms. The van der Waals surface area contributed by atoms with Crippen LogP contribution in [-0.4, -0.2) is 128 Å². The maximum Gasteiger partial charge on any atom is 0.333 e. The lowest BCUT2D eigenvalue weighted by Gasteiger charge is -2.34. The summed E-state index contributed by atoms with van der Waals surface area (Å²) in [5.74, 6) is -1.09. The van der Waals surface area contributed by atoms with Gasteiger partial charge in [-0.1, -0.05) is 22.7 Å². The Morgan fingerprint density at radius 2 is 0.963 bits per heavy atom. The van der Waals surface area contributed by atoms with Gasteiger partial charge in [-0.2, -0.15) is 20.4 Å². The number of carbonyl (C=O) groups is 2. The Hall–Kier alpha value is -7.76. The molecule has 2 aliphatic heterocycles. The van der Waals surface area contributed by atoms with Gasteiger partial charge in [0.05, 0.1) is 89.3 Å². The number of aryl methyl sites for hydroxylation is 2. The van der Waals surface area contributed by atoms with Crippen molar-refractivity contribution in [1.82, 2.24) is 58.9 Å². The number of carbonyl (C=O) groups excluding carboxylic acids is 2. The molecule has 10 rings (SSSR count). The summed E-state index contributed by atoms with van der Waals surface area (Å²) < 4.78 is 67.4. The zero-order valence-corrected chi connectivity index (χ0v) is 48.0. The van der Waals surface area contributed by atoms with Gasteiger partial charge in [0.25, 0.3) is 11.1 Å². The molecular weight excluding hydrogens is 1110 g/mol. The molecule has 2 N–H and O–H groups in total. The van der Waals surface area contributed by atoms with Gasteiger partial charge in [0.2, 0.25) is 11.8 Å². The molecule has 0 bridgehead atoms. The van der Waals surface area contributed by atoms with E-state index in [0.717, 1.165) is 9.13 Å². The maximum absolute atomic E-state index is 14.5.